The van der Waals surface area contributed by atoms with E-state index in [0.29, 0.717) is 73.4 Å². The minimum absolute atomic E-state index is 0.131. The Labute approximate surface area is 221 Å². The van der Waals surface area contributed by atoms with E-state index in [0.717, 1.165) is 25.9 Å². The molecule has 4 aliphatic rings. The fourth-order valence-corrected chi connectivity index (χ4v) is 5.70. The number of pyridine rings is 2. The maximum atomic E-state index is 11.4. The number of hydrogen-bond acceptors (Lipinski definition) is 9. The van der Waals surface area contributed by atoms with Crippen LogP contribution in [0.5, 0.6) is 5.88 Å². The molecule has 6 rings (SSSR count). The van der Waals surface area contributed by atoms with Crippen molar-refractivity contribution in [1.82, 2.24) is 15.3 Å². The summed E-state index contributed by atoms with van der Waals surface area (Å²) in [6.45, 7) is 1.90. The predicted molar refractivity (Wildman–Crippen MR) is 135 cm³/mol. The lowest BCUT2D eigenvalue weighted by Gasteiger charge is -2.54. The van der Waals surface area contributed by atoms with Crippen LogP contribution in [0.2, 0.25) is 0 Å². The Morgan fingerprint density at radius 3 is 2.79 bits per heavy atom. The molecule has 2 bridgehead atoms. The van der Waals surface area contributed by atoms with Gasteiger partial charge in [-0.25, -0.2) is 9.78 Å². The molecule has 2 atom stereocenters. The van der Waals surface area contributed by atoms with Crippen molar-refractivity contribution in [1.29, 1.82) is 5.26 Å². The summed E-state index contributed by atoms with van der Waals surface area (Å²) >= 11 is 0. The number of carbonyl (C=O) groups is 1. The number of nitrogens with zero attached hydrogens (tertiary/aromatic N) is 3. The first-order chi connectivity index (χ1) is 18.4. The molecule has 1 aliphatic carbocycles. The van der Waals surface area contributed by atoms with E-state index in [-0.39, 0.29) is 19.3 Å². The summed E-state index contributed by atoms with van der Waals surface area (Å²) in [7, 11) is 0. The largest absolute Gasteiger partial charge is 0.478 e. The first kappa shape index (κ1) is 26.6. The molecule has 0 radical (unpaired) electrons. The molecule has 1 amide bonds. The summed E-state index contributed by atoms with van der Waals surface area (Å²) in [5, 5.41) is 32.9. The lowest BCUT2D eigenvalue weighted by Crippen LogP contribution is -2.65. The minimum Gasteiger partial charge on any atom is -0.478 e. The Morgan fingerprint density at radius 1 is 1.26 bits per heavy atom. The number of carboxylic acid groups (broad SMARTS) is 1. The molecule has 5 heterocycles. The van der Waals surface area contributed by atoms with Crippen LogP contribution in [0.15, 0.2) is 18.3 Å². The van der Waals surface area contributed by atoms with E-state index in [1.807, 2.05) is 0 Å². The standard InChI is InChI=1S/C27H34N4O7/c28-15-18-16-29-20-5-6-22(35-12-3-13-37-23-4-1-2-11-36-23)30-24(20)19(18)14-21(32)27-9-7-26(8-10-27,17-38-27)31-25(33)34/h5-6,16,21,23,31-32H,1-4,7-14,17H2,(H,33,34). The second kappa shape index (κ2) is 11.4. The van der Waals surface area contributed by atoms with Crippen LogP contribution in [0.3, 0.4) is 0 Å². The molecule has 1 saturated carbocycles. The van der Waals surface area contributed by atoms with Crippen LogP contribution in [-0.4, -0.2) is 76.2 Å². The van der Waals surface area contributed by atoms with E-state index in [2.05, 4.69) is 21.4 Å². The second-order valence-corrected chi connectivity index (χ2v) is 10.4. The van der Waals surface area contributed by atoms with Crippen molar-refractivity contribution >= 4 is 17.1 Å². The fourth-order valence-electron chi connectivity index (χ4n) is 5.70. The van der Waals surface area contributed by atoms with Gasteiger partial charge in [-0.15, -0.1) is 0 Å². The molecule has 3 saturated heterocycles. The summed E-state index contributed by atoms with van der Waals surface area (Å²) in [6, 6.07) is 5.71. The molecule has 204 valence electrons. The highest BCUT2D eigenvalue weighted by Crippen LogP contribution is 2.46. The highest BCUT2D eigenvalue weighted by atomic mass is 16.7. The molecule has 2 unspecified atom stereocenters. The third kappa shape index (κ3) is 5.68. The number of amides is 1. The number of nitriles is 1. The zero-order chi connectivity index (χ0) is 26.6. The number of aliphatic hydroxyl groups is 1. The third-order valence-corrected chi connectivity index (χ3v) is 7.96. The highest BCUT2D eigenvalue weighted by Gasteiger charge is 2.53. The molecule has 3 N–H and O–H groups in total. The molecule has 2 aromatic heterocycles. The number of fused-ring (bicyclic) bond motifs is 4. The zero-order valence-electron chi connectivity index (χ0n) is 21.4. The summed E-state index contributed by atoms with van der Waals surface area (Å²) < 4.78 is 23.3. The van der Waals surface area contributed by atoms with Crippen molar-refractivity contribution in [3.8, 4) is 11.9 Å². The van der Waals surface area contributed by atoms with E-state index >= 15 is 0 Å². The topological polar surface area (TPSA) is 156 Å². The van der Waals surface area contributed by atoms with E-state index in [1.165, 1.54) is 6.20 Å². The number of ether oxygens (including phenoxy) is 4. The van der Waals surface area contributed by atoms with Crippen molar-refractivity contribution in [2.75, 3.05) is 26.4 Å². The SMILES string of the molecule is N#Cc1cnc2ccc(OCCCOC3CCCCO3)nc2c1CC(O)C12CCC(NC(=O)O)(CC1)CO2. The average Bonchev–Trinajstić information content (AvgIpc) is 2.94. The summed E-state index contributed by atoms with van der Waals surface area (Å²) in [5.41, 5.74) is 0.658. The van der Waals surface area contributed by atoms with E-state index in [9.17, 15) is 20.3 Å². The van der Waals surface area contributed by atoms with Crippen LogP contribution in [-0.2, 0) is 20.6 Å². The van der Waals surface area contributed by atoms with Gasteiger partial charge < -0.3 is 34.5 Å². The maximum Gasteiger partial charge on any atom is 0.405 e. The maximum absolute atomic E-state index is 11.4. The Bertz CT molecular complexity index is 1170. The lowest BCUT2D eigenvalue weighted by molar-refractivity contribution is -0.206. The number of rotatable bonds is 10. The van der Waals surface area contributed by atoms with E-state index in [1.54, 1.807) is 12.1 Å². The van der Waals surface area contributed by atoms with E-state index < -0.39 is 23.3 Å². The summed E-state index contributed by atoms with van der Waals surface area (Å²) in [6.07, 6.45) is 5.59. The van der Waals surface area contributed by atoms with Gasteiger partial charge in [-0.2, -0.15) is 5.26 Å². The van der Waals surface area contributed by atoms with Crippen LogP contribution in [0.4, 0.5) is 4.79 Å². The molecule has 0 aromatic carbocycles. The van der Waals surface area contributed by atoms with Gasteiger partial charge in [0.2, 0.25) is 5.88 Å². The Morgan fingerprint density at radius 2 is 2.11 bits per heavy atom. The smallest absolute Gasteiger partial charge is 0.405 e. The Kier molecular flexibility index (Phi) is 7.95. The van der Waals surface area contributed by atoms with Gasteiger partial charge in [0.15, 0.2) is 6.29 Å². The van der Waals surface area contributed by atoms with Gasteiger partial charge in [0.25, 0.3) is 0 Å². The highest BCUT2D eigenvalue weighted by molar-refractivity contribution is 5.80. The normalized spacial score (nSPS) is 27.5. The van der Waals surface area contributed by atoms with Gasteiger partial charge in [0.05, 0.1) is 53.7 Å². The lowest BCUT2D eigenvalue weighted by atomic mass is 9.68. The van der Waals surface area contributed by atoms with Crippen LogP contribution in [0.1, 0.15) is 62.5 Å². The molecule has 3 aliphatic heterocycles. The Hall–Kier alpha value is -3.04. The monoisotopic (exact) mass is 526 g/mol. The van der Waals surface area contributed by atoms with Gasteiger partial charge in [-0.1, -0.05) is 0 Å². The van der Waals surface area contributed by atoms with Gasteiger partial charge >= 0.3 is 6.09 Å². The Balaban J connectivity index is 1.25. The van der Waals surface area contributed by atoms with Crippen molar-refractivity contribution in [3.63, 3.8) is 0 Å². The third-order valence-electron chi connectivity index (χ3n) is 7.96. The average molecular weight is 527 g/mol. The first-order valence-corrected chi connectivity index (χ1v) is 13.3. The quantitative estimate of drug-likeness (QED) is 0.393. The number of aliphatic hydroxyl groups excluding tert-OH is 1. The molecule has 11 nitrogen and oxygen atoms in total. The van der Waals surface area contributed by atoms with Crippen LogP contribution in [0, 0.1) is 11.3 Å². The van der Waals surface area contributed by atoms with Crippen molar-refractivity contribution < 1.29 is 34.0 Å². The second-order valence-electron chi connectivity index (χ2n) is 10.4. The molecule has 11 heteroatoms. The van der Waals surface area contributed by atoms with Gasteiger partial charge in [-0.05, 0) is 51.0 Å². The van der Waals surface area contributed by atoms with Crippen molar-refractivity contribution in [2.45, 2.75) is 81.3 Å². The number of nitrogens with one attached hydrogen (secondary N) is 1. The number of aromatic nitrogens is 2. The molecular weight excluding hydrogens is 492 g/mol. The minimum atomic E-state index is -1.07. The molecule has 4 fully saturated rings. The van der Waals surface area contributed by atoms with E-state index in [4.69, 9.17) is 18.9 Å². The van der Waals surface area contributed by atoms with Crippen LogP contribution < -0.4 is 10.1 Å². The first-order valence-electron chi connectivity index (χ1n) is 13.3. The molecular formula is C27H34N4O7. The predicted octanol–water partition coefficient (Wildman–Crippen LogP) is 3.07. The fraction of sp³-hybridized carbons (Fsp3) is 0.630. The molecule has 0 spiro atoms. The summed E-state index contributed by atoms with van der Waals surface area (Å²) in [5.74, 6) is 0.410. The van der Waals surface area contributed by atoms with Crippen LogP contribution in [0.25, 0.3) is 11.0 Å². The van der Waals surface area contributed by atoms with Crippen LogP contribution >= 0.6 is 0 Å². The molecule has 38 heavy (non-hydrogen) atoms. The van der Waals surface area contributed by atoms with Crippen molar-refractivity contribution in [3.05, 3.63) is 29.5 Å². The van der Waals surface area contributed by atoms with Gasteiger partial charge in [0, 0.05) is 37.3 Å². The summed E-state index contributed by atoms with van der Waals surface area (Å²) in [4.78, 5) is 20.2. The van der Waals surface area contributed by atoms with Crippen molar-refractivity contribution in [2.24, 2.45) is 0 Å². The van der Waals surface area contributed by atoms with Gasteiger partial charge in [0.1, 0.15) is 6.07 Å². The molecule has 2 aromatic rings. The number of hydrogen-bond donors (Lipinski definition) is 3. The zero-order valence-corrected chi connectivity index (χ0v) is 21.4. The van der Waals surface area contributed by atoms with Gasteiger partial charge in [-0.3, -0.25) is 4.98 Å².